The fourth-order valence-electron chi connectivity index (χ4n) is 1.97. The maximum absolute atomic E-state index is 10.4. The molecule has 1 aromatic carbocycles. The van der Waals surface area contributed by atoms with E-state index >= 15 is 0 Å². The van der Waals surface area contributed by atoms with Crippen molar-refractivity contribution in [1.82, 2.24) is 10.2 Å². The van der Waals surface area contributed by atoms with Crippen molar-refractivity contribution in [2.24, 2.45) is 0 Å². The molecule has 0 radical (unpaired) electrons. The summed E-state index contributed by atoms with van der Waals surface area (Å²) in [7, 11) is 1.63. The third-order valence-electron chi connectivity index (χ3n) is 3.03. The highest BCUT2D eigenvalue weighted by atomic mass is 16.5. The molecule has 0 amide bonds. The average Bonchev–Trinajstić information content (AvgIpc) is 2.91. The van der Waals surface area contributed by atoms with E-state index in [2.05, 4.69) is 10.2 Å². The topological polar surface area (TPSA) is 85.5 Å². The summed E-state index contributed by atoms with van der Waals surface area (Å²) in [6.45, 7) is 0. The molecule has 0 aliphatic heterocycles. The van der Waals surface area contributed by atoms with E-state index in [4.69, 9.17) is 14.3 Å². The Bertz CT molecular complexity index is 595. The molecule has 1 N–H and O–H groups in total. The van der Waals surface area contributed by atoms with Gasteiger partial charge in [0.15, 0.2) is 0 Å². The summed E-state index contributed by atoms with van der Waals surface area (Å²) in [4.78, 5) is 10.4. The quantitative estimate of drug-likeness (QED) is 0.752. The van der Waals surface area contributed by atoms with Crippen LogP contribution in [0.5, 0.6) is 5.75 Å². The van der Waals surface area contributed by atoms with Crippen molar-refractivity contribution in [3.05, 3.63) is 41.6 Å². The molecular formula is C15H18N2O4. The number of benzene rings is 1. The van der Waals surface area contributed by atoms with Crippen molar-refractivity contribution >= 4 is 5.97 Å². The van der Waals surface area contributed by atoms with Gasteiger partial charge in [-0.25, -0.2) is 0 Å². The molecular weight excluding hydrogens is 272 g/mol. The molecule has 2 rings (SSSR count). The van der Waals surface area contributed by atoms with Gasteiger partial charge in [-0.3, -0.25) is 4.79 Å². The van der Waals surface area contributed by atoms with Gasteiger partial charge in [-0.1, -0.05) is 12.1 Å². The van der Waals surface area contributed by atoms with Crippen LogP contribution < -0.4 is 4.74 Å². The number of hydrogen-bond acceptors (Lipinski definition) is 5. The van der Waals surface area contributed by atoms with Crippen LogP contribution in [0.1, 0.15) is 36.6 Å². The number of methoxy groups -OCH3 is 1. The fourth-order valence-corrected chi connectivity index (χ4v) is 1.97. The minimum absolute atomic E-state index is 0.171. The van der Waals surface area contributed by atoms with Gasteiger partial charge in [0.2, 0.25) is 11.8 Å². The van der Waals surface area contributed by atoms with Crippen molar-refractivity contribution < 1.29 is 19.1 Å². The van der Waals surface area contributed by atoms with Crippen LogP contribution >= 0.6 is 0 Å². The molecule has 0 bridgehead atoms. The van der Waals surface area contributed by atoms with Crippen LogP contribution in [0.4, 0.5) is 0 Å². The number of aryl methyl sites for hydroxylation is 1. The first-order valence-electron chi connectivity index (χ1n) is 6.83. The van der Waals surface area contributed by atoms with Gasteiger partial charge in [-0.05, 0) is 30.5 Å². The van der Waals surface area contributed by atoms with E-state index in [-0.39, 0.29) is 6.42 Å². The van der Waals surface area contributed by atoms with Crippen LogP contribution in [0.3, 0.4) is 0 Å². The zero-order valence-corrected chi connectivity index (χ0v) is 11.9. The number of unbranched alkanes of at least 4 members (excludes halogenated alkanes) is 1. The lowest BCUT2D eigenvalue weighted by Gasteiger charge is -2.01. The minimum atomic E-state index is -0.778. The van der Waals surface area contributed by atoms with Crippen molar-refractivity contribution in [3.63, 3.8) is 0 Å². The molecule has 2 aromatic rings. The van der Waals surface area contributed by atoms with Gasteiger partial charge >= 0.3 is 5.97 Å². The number of carboxylic acids is 1. The van der Waals surface area contributed by atoms with E-state index < -0.39 is 5.97 Å². The number of carbonyl (C=O) groups is 1. The van der Waals surface area contributed by atoms with Gasteiger partial charge in [0.25, 0.3) is 0 Å². The molecule has 0 spiro atoms. The van der Waals surface area contributed by atoms with Gasteiger partial charge in [0.05, 0.1) is 13.5 Å². The van der Waals surface area contributed by atoms with Gasteiger partial charge < -0.3 is 14.3 Å². The number of aromatic nitrogens is 2. The van der Waals surface area contributed by atoms with Crippen LogP contribution in [0.15, 0.2) is 28.7 Å². The van der Waals surface area contributed by atoms with Crippen molar-refractivity contribution in [2.45, 2.75) is 32.1 Å². The Balaban J connectivity index is 1.86. The third kappa shape index (κ3) is 4.91. The molecule has 0 fully saturated rings. The Kier molecular flexibility index (Phi) is 5.31. The monoisotopic (exact) mass is 290 g/mol. The summed E-state index contributed by atoms with van der Waals surface area (Å²) in [5.41, 5.74) is 1.04. The summed E-state index contributed by atoms with van der Waals surface area (Å²) in [6.07, 6.45) is 2.68. The van der Waals surface area contributed by atoms with Crippen molar-refractivity contribution in [1.29, 1.82) is 0 Å². The predicted octanol–water partition coefficient (Wildman–Crippen LogP) is 2.47. The van der Waals surface area contributed by atoms with Crippen LogP contribution in [-0.2, 0) is 17.6 Å². The largest absolute Gasteiger partial charge is 0.497 e. The smallest absolute Gasteiger partial charge is 0.303 e. The predicted molar refractivity (Wildman–Crippen MR) is 75.3 cm³/mol. The third-order valence-corrected chi connectivity index (χ3v) is 3.03. The summed E-state index contributed by atoms with van der Waals surface area (Å²) in [5, 5.41) is 16.5. The van der Waals surface area contributed by atoms with E-state index in [9.17, 15) is 4.79 Å². The molecule has 0 atom stereocenters. The standard InChI is InChI=1S/C15H18N2O4/c1-20-12-6-4-5-11(9-12)10-14-17-16-13(21-14)7-2-3-8-15(18)19/h4-6,9H,2-3,7-8,10H2,1H3,(H,18,19). The number of aliphatic carboxylic acids is 1. The zero-order valence-electron chi connectivity index (χ0n) is 11.9. The molecule has 1 heterocycles. The molecule has 21 heavy (non-hydrogen) atoms. The summed E-state index contributed by atoms with van der Waals surface area (Å²) in [5.74, 6) is 1.12. The molecule has 0 aliphatic rings. The highest BCUT2D eigenvalue weighted by molar-refractivity contribution is 5.66. The maximum Gasteiger partial charge on any atom is 0.303 e. The first-order chi connectivity index (χ1) is 10.2. The molecule has 112 valence electrons. The lowest BCUT2D eigenvalue weighted by molar-refractivity contribution is -0.137. The number of rotatable bonds is 8. The molecule has 0 unspecified atom stereocenters. The van der Waals surface area contributed by atoms with E-state index in [0.717, 1.165) is 17.7 Å². The Morgan fingerprint density at radius 2 is 2.10 bits per heavy atom. The fraction of sp³-hybridized carbons (Fsp3) is 0.400. The highest BCUT2D eigenvalue weighted by Crippen LogP contribution is 2.16. The number of nitrogens with zero attached hydrogens (tertiary/aromatic N) is 2. The minimum Gasteiger partial charge on any atom is -0.497 e. The Labute approximate surface area is 122 Å². The van der Waals surface area contributed by atoms with Crippen LogP contribution in [0, 0.1) is 0 Å². The second-order valence-electron chi connectivity index (χ2n) is 4.72. The van der Waals surface area contributed by atoms with Gasteiger partial charge in [0, 0.05) is 12.8 Å². The molecule has 0 saturated heterocycles. The average molecular weight is 290 g/mol. The summed E-state index contributed by atoms with van der Waals surface area (Å²) < 4.78 is 10.7. The van der Waals surface area contributed by atoms with Crippen molar-refractivity contribution in [2.75, 3.05) is 7.11 Å². The lowest BCUT2D eigenvalue weighted by atomic mass is 10.1. The van der Waals surface area contributed by atoms with E-state index in [1.807, 2.05) is 24.3 Å². The Hall–Kier alpha value is -2.37. The van der Waals surface area contributed by atoms with E-state index in [1.165, 1.54) is 0 Å². The van der Waals surface area contributed by atoms with Gasteiger partial charge in [0.1, 0.15) is 5.75 Å². The van der Waals surface area contributed by atoms with Crippen LogP contribution in [0.2, 0.25) is 0 Å². The summed E-state index contributed by atoms with van der Waals surface area (Å²) in [6, 6.07) is 7.69. The molecule has 6 heteroatoms. The molecule has 6 nitrogen and oxygen atoms in total. The zero-order chi connectivity index (χ0) is 15.1. The van der Waals surface area contributed by atoms with Crippen LogP contribution in [-0.4, -0.2) is 28.4 Å². The lowest BCUT2D eigenvalue weighted by Crippen LogP contribution is -1.95. The maximum atomic E-state index is 10.4. The van der Waals surface area contributed by atoms with E-state index in [1.54, 1.807) is 7.11 Å². The highest BCUT2D eigenvalue weighted by Gasteiger charge is 2.08. The second-order valence-corrected chi connectivity index (χ2v) is 4.72. The number of ether oxygens (including phenoxy) is 1. The van der Waals surface area contributed by atoms with E-state index in [0.29, 0.717) is 31.0 Å². The Morgan fingerprint density at radius 1 is 1.29 bits per heavy atom. The van der Waals surface area contributed by atoms with Gasteiger partial charge in [-0.2, -0.15) is 0 Å². The SMILES string of the molecule is COc1cccc(Cc2nnc(CCCCC(=O)O)o2)c1. The second kappa shape index (κ2) is 7.42. The molecule has 1 aromatic heterocycles. The van der Waals surface area contributed by atoms with Crippen molar-refractivity contribution in [3.8, 4) is 5.75 Å². The number of carboxylic acid groups (broad SMARTS) is 1. The summed E-state index contributed by atoms with van der Waals surface area (Å²) >= 11 is 0. The first-order valence-corrected chi connectivity index (χ1v) is 6.83. The Morgan fingerprint density at radius 3 is 2.86 bits per heavy atom. The first kappa shape index (κ1) is 15.0. The molecule has 0 saturated carbocycles. The molecule has 0 aliphatic carbocycles. The normalized spacial score (nSPS) is 10.5. The van der Waals surface area contributed by atoms with Crippen LogP contribution in [0.25, 0.3) is 0 Å². The number of hydrogen-bond donors (Lipinski definition) is 1. The van der Waals surface area contributed by atoms with Gasteiger partial charge in [-0.15, -0.1) is 10.2 Å².